The van der Waals surface area contributed by atoms with E-state index in [1.54, 1.807) is 4.68 Å². The molecule has 0 saturated heterocycles. The van der Waals surface area contributed by atoms with E-state index in [-0.39, 0.29) is 5.69 Å². The molecule has 2 rings (SSSR count). The van der Waals surface area contributed by atoms with Gasteiger partial charge in [0.1, 0.15) is 12.4 Å². The highest BCUT2D eigenvalue weighted by atomic mass is 16.6. The summed E-state index contributed by atoms with van der Waals surface area (Å²) in [5.74, 6) is 0. The lowest BCUT2D eigenvalue weighted by atomic mass is 10.4. The van der Waals surface area contributed by atoms with Gasteiger partial charge in [-0.25, -0.2) is 0 Å². The molecule has 0 aliphatic heterocycles. The molecule has 1 aliphatic carbocycles. The summed E-state index contributed by atoms with van der Waals surface area (Å²) in [6.45, 7) is 1.69. The van der Waals surface area contributed by atoms with Gasteiger partial charge >= 0.3 is 5.69 Å². The summed E-state index contributed by atoms with van der Waals surface area (Å²) in [4.78, 5) is 9.96. The van der Waals surface area contributed by atoms with Gasteiger partial charge in [-0.05, 0) is 25.8 Å². The summed E-state index contributed by atoms with van der Waals surface area (Å²) in [5, 5.41) is 17.7. The molecule has 6 heteroatoms. The van der Waals surface area contributed by atoms with Crippen LogP contribution in [0.2, 0.25) is 0 Å². The monoisotopic (exact) mass is 210 g/mol. The molecule has 0 spiro atoms. The largest absolute Gasteiger partial charge is 0.314 e. The highest BCUT2D eigenvalue weighted by molar-refractivity contribution is 5.20. The number of nitrogens with zero attached hydrogens (tertiary/aromatic N) is 3. The molecular weight excluding hydrogens is 196 g/mol. The van der Waals surface area contributed by atoms with E-state index in [1.165, 1.54) is 25.2 Å². The number of aromatic nitrogens is 2. The van der Waals surface area contributed by atoms with Crippen LogP contribution in [0.3, 0.4) is 0 Å². The molecule has 1 fully saturated rings. The lowest BCUT2D eigenvalue weighted by molar-refractivity contribution is -0.385. The molecule has 0 aromatic carbocycles. The number of nitro groups is 1. The minimum Gasteiger partial charge on any atom is -0.314 e. The fourth-order valence-corrected chi connectivity index (χ4v) is 1.40. The maximum Gasteiger partial charge on any atom is 0.306 e. The van der Waals surface area contributed by atoms with E-state index < -0.39 is 4.92 Å². The van der Waals surface area contributed by atoms with Crippen LogP contribution in [0, 0.1) is 10.1 Å². The second-order valence-electron chi connectivity index (χ2n) is 3.80. The maximum absolute atomic E-state index is 10.4. The Balaban J connectivity index is 1.70. The van der Waals surface area contributed by atoms with E-state index in [1.807, 2.05) is 0 Å². The minimum atomic E-state index is -0.425. The Hall–Kier alpha value is -1.43. The number of rotatable bonds is 6. The van der Waals surface area contributed by atoms with Crippen molar-refractivity contribution in [3.8, 4) is 0 Å². The highest BCUT2D eigenvalue weighted by Crippen LogP contribution is 2.18. The van der Waals surface area contributed by atoms with Crippen LogP contribution in [0.1, 0.15) is 19.3 Å². The fourth-order valence-electron chi connectivity index (χ4n) is 1.40. The van der Waals surface area contributed by atoms with Gasteiger partial charge in [-0.1, -0.05) is 0 Å². The summed E-state index contributed by atoms with van der Waals surface area (Å²) in [5.41, 5.74) is 0.0603. The Morgan fingerprint density at radius 2 is 2.47 bits per heavy atom. The zero-order valence-electron chi connectivity index (χ0n) is 8.43. The second-order valence-corrected chi connectivity index (χ2v) is 3.80. The van der Waals surface area contributed by atoms with Crippen molar-refractivity contribution in [3.05, 3.63) is 22.5 Å². The van der Waals surface area contributed by atoms with Gasteiger partial charge in [-0.3, -0.25) is 14.8 Å². The average molecular weight is 210 g/mol. The van der Waals surface area contributed by atoms with Crippen LogP contribution in [0.5, 0.6) is 0 Å². The number of hydrogen-bond donors (Lipinski definition) is 1. The van der Waals surface area contributed by atoms with Crippen molar-refractivity contribution in [2.24, 2.45) is 0 Å². The molecular formula is C9H14N4O2. The Bertz CT molecular complexity index is 346. The molecule has 0 amide bonds. The van der Waals surface area contributed by atoms with Gasteiger partial charge in [0.05, 0.1) is 4.92 Å². The number of hydrogen-bond acceptors (Lipinski definition) is 4. The van der Waals surface area contributed by atoms with Gasteiger partial charge in [0, 0.05) is 12.6 Å². The first-order chi connectivity index (χ1) is 7.25. The van der Waals surface area contributed by atoms with E-state index >= 15 is 0 Å². The third kappa shape index (κ3) is 3.02. The SMILES string of the molecule is O=[N+]([O-])c1cnn(CCCNC2CC2)c1. The molecule has 82 valence electrons. The van der Waals surface area contributed by atoms with Crippen LogP contribution in [0.4, 0.5) is 5.69 Å². The Labute approximate surface area is 87.4 Å². The minimum absolute atomic E-state index is 0.0603. The standard InChI is InChI=1S/C9H14N4O2/c14-13(15)9-6-11-12(7-9)5-1-4-10-8-2-3-8/h6-8,10H,1-5H2. The molecule has 1 aromatic heterocycles. The molecule has 0 atom stereocenters. The Morgan fingerprint density at radius 3 is 3.07 bits per heavy atom. The van der Waals surface area contributed by atoms with E-state index in [0.717, 1.165) is 25.6 Å². The summed E-state index contributed by atoms with van der Waals surface area (Å²) in [7, 11) is 0. The van der Waals surface area contributed by atoms with Crippen LogP contribution < -0.4 is 5.32 Å². The van der Waals surface area contributed by atoms with E-state index in [2.05, 4.69) is 10.4 Å². The number of aryl methyl sites for hydroxylation is 1. The third-order valence-corrected chi connectivity index (χ3v) is 2.40. The van der Waals surface area contributed by atoms with Crippen LogP contribution in [-0.2, 0) is 6.54 Å². The first-order valence-corrected chi connectivity index (χ1v) is 5.16. The van der Waals surface area contributed by atoms with Gasteiger partial charge in [-0.15, -0.1) is 0 Å². The fraction of sp³-hybridized carbons (Fsp3) is 0.667. The summed E-state index contributed by atoms with van der Waals surface area (Å²) < 4.78 is 1.62. The molecule has 1 aromatic rings. The first kappa shape index (κ1) is 10.1. The van der Waals surface area contributed by atoms with Crippen molar-refractivity contribution >= 4 is 5.69 Å². The van der Waals surface area contributed by atoms with E-state index in [9.17, 15) is 10.1 Å². The lowest BCUT2D eigenvalue weighted by Crippen LogP contribution is -2.18. The van der Waals surface area contributed by atoms with Gasteiger partial charge < -0.3 is 5.32 Å². The second kappa shape index (κ2) is 4.39. The lowest BCUT2D eigenvalue weighted by Gasteiger charge is -2.02. The summed E-state index contributed by atoms with van der Waals surface area (Å²) >= 11 is 0. The van der Waals surface area contributed by atoms with Gasteiger partial charge in [0.2, 0.25) is 0 Å². The maximum atomic E-state index is 10.4. The molecule has 1 saturated carbocycles. The predicted molar refractivity (Wildman–Crippen MR) is 54.5 cm³/mol. The topological polar surface area (TPSA) is 73.0 Å². The smallest absolute Gasteiger partial charge is 0.306 e. The van der Waals surface area contributed by atoms with Crippen molar-refractivity contribution in [2.75, 3.05) is 6.54 Å². The van der Waals surface area contributed by atoms with Crippen LogP contribution in [-0.4, -0.2) is 27.3 Å². The molecule has 1 N–H and O–H groups in total. The molecule has 0 bridgehead atoms. The quantitative estimate of drug-likeness (QED) is 0.430. The normalized spacial score (nSPS) is 15.5. The van der Waals surface area contributed by atoms with Crippen LogP contribution >= 0.6 is 0 Å². The number of nitrogens with one attached hydrogen (secondary N) is 1. The van der Waals surface area contributed by atoms with Crippen molar-refractivity contribution in [3.63, 3.8) is 0 Å². The first-order valence-electron chi connectivity index (χ1n) is 5.16. The van der Waals surface area contributed by atoms with E-state index in [4.69, 9.17) is 0 Å². The van der Waals surface area contributed by atoms with Crippen LogP contribution in [0.25, 0.3) is 0 Å². The zero-order chi connectivity index (χ0) is 10.7. The van der Waals surface area contributed by atoms with Gasteiger partial charge in [0.25, 0.3) is 0 Å². The van der Waals surface area contributed by atoms with Gasteiger partial charge in [0.15, 0.2) is 0 Å². The summed E-state index contributed by atoms with van der Waals surface area (Å²) in [6, 6.07) is 0.719. The molecule has 1 aliphatic rings. The summed E-state index contributed by atoms with van der Waals surface area (Å²) in [6.07, 6.45) is 6.28. The van der Waals surface area contributed by atoms with Crippen molar-refractivity contribution in [1.29, 1.82) is 0 Å². The molecule has 0 radical (unpaired) electrons. The average Bonchev–Trinajstić information content (AvgIpc) is 2.90. The molecule has 15 heavy (non-hydrogen) atoms. The van der Waals surface area contributed by atoms with Crippen molar-refractivity contribution in [2.45, 2.75) is 31.8 Å². The van der Waals surface area contributed by atoms with Crippen molar-refractivity contribution in [1.82, 2.24) is 15.1 Å². The molecule has 6 nitrogen and oxygen atoms in total. The predicted octanol–water partition coefficient (Wildman–Crippen LogP) is 0.933. The Kier molecular flexibility index (Phi) is 2.96. The zero-order valence-corrected chi connectivity index (χ0v) is 8.43. The van der Waals surface area contributed by atoms with Crippen molar-refractivity contribution < 1.29 is 4.92 Å². The molecule has 1 heterocycles. The third-order valence-electron chi connectivity index (χ3n) is 2.40. The van der Waals surface area contributed by atoms with Gasteiger partial charge in [-0.2, -0.15) is 5.10 Å². The molecule has 0 unspecified atom stereocenters. The van der Waals surface area contributed by atoms with Crippen LogP contribution in [0.15, 0.2) is 12.4 Å². The Morgan fingerprint density at radius 1 is 1.67 bits per heavy atom. The van der Waals surface area contributed by atoms with E-state index in [0.29, 0.717) is 0 Å². The highest BCUT2D eigenvalue weighted by Gasteiger charge is 2.19.